The molecular weight excluding hydrogens is 418 g/mol. The highest BCUT2D eigenvalue weighted by molar-refractivity contribution is 7.15. The van der Waals surface area contributed by atoms with E-state index in [0.717, 1.165) is 48.0 Å². The van der Waals surface area contributed by atoms with Crippen molar-refractivity contribution in [1.82, 2.24) is 30.2 Å². The van der Waals surface area contributed by atoms with Crippen molar-refractivity contribution in [3.63, 3.8) is 0 Å². The average Bonchev–Trinajstić information content (AvgIpc) is 3.62. The van der Waals surface area contributed by atoms with E-state index in [1.54, 1.807) is 23.7 Å². The first kappa shape index (κ1) is 18.9. The fourth-order valence-electron chi connectivity index (χ4n) is 4.18. The predicted molar refractivity (Wildman–Crippen MR) is 125 cm³/mol. The number of aromatic nitrogens is 6. The Kier molecular flexibility index (Phi) is 4.77. The highest BCUT2D eigenvalue weighted by Crippen LogP contribution is 2.31. The molecule has 2 aromatic carbocycles. The molecule has 0 spiro atoms. The summed E-state index contributed by atoms with van der Waals surface area (Å²) in [5.74, 6) is 0. The van der Waals surface area contributed by atoms with E-state index in [-0.39, 0.29) is 0 Å². The minimum Gasteiger partial charge on any atom is -0.343 e. The molecule has 0 unspecified atom stereocenters. The first-order valence-electron chi connectivity index (χ1n) is 10.6. The third-order valence-electron chi connectivity index (χ3n) is 5.80. The number of nitrogens with zero attached hydrogens (tertiary/aromatic N) is 6. The van der Waals surface area contributed by atoms with E-state index in [0.29, 0.717) is 0 Å². The van der Waals surface area contributed by atoms with Gasteiger partial charge in [0.25, 0.3) is 0 Å². The lowest BCUT2D eigenvalue weighted by atomic mass is 9.97. The van der Waals surface area contributed by atoms with Crippen LogP contribution in [0.3, 0.4) is 0 Å². The molecule has 5 aromatic rings. The fourth-order valence-corrected chi connectivity index (χ4v) is 5.15. The minimum atomic E-state index is 0.864. The Balaban J connectivity index is 1.19. The maximum absolute atomic E-state index is 4.75. The molecule has 4 heterocycles. The Hall–Kier alpha value is -3.78. The van der Waals surface area contributed by atoms with Gasteiger partial charge in [-0.1, -0.05) is 24.3 Å². The van der Waals surface area contributed by atoms with Crippen LogP contribution < -0.4 is 4.90 Å². The topological polar surface area (TPSA) is 75.5 Å². The number of thiazole rings is 1. The minimum absolute atomic E-state index is 0.864. The Morgan fingerprint density at radius 1 is 1.03 bits per heavy atom. The lowest BCUT2D eigenvalue weighted by Crippen LogP contribution is -2.30. The molecule has 1 aliphatic rings. The maximum Gasteiger partial charge on any atom is 0.185 e. The predicted octanol–water partition coefficient (Wildman–Crippen LogP) is 4.27. The van der Waals surface area contributed by atoms with Gasteiger partial charge in [-0.25, -0.2) is 9.67 Å². The number of aromatic amines is 1. The second-order valence-corrected chi connectivity index (χ2v) is 9.01. The second kappa shape index (κ2) is 8.05. The molecule has 1 aliphatic heterocycles. The molecule has 0 saturated carbocycles. The van der Waals surface area contributed by atoms with E-state index >= 15 is 0 Å². The van der Waals surface area contributed by atoms with Crippen LogP contribution in [-0.4, -0.2) is 36.7 Å². The molecule has 3 aromatic heterocycles. The van der Waals surface area contributed by atoms with Crippen molar-refractivity contribution in [2.45, 2.75) is 19.4 Å². The molecule has 0 atom stereocenters. The summed E-state index contributed by atoms with van der Waals surface area (Å²) in [6, 6.07) is 17.0. The summed E-state index contributed by atoms with van der Waals surface area (Å²) in [6.07, 6.45) is 9.43. The molecule has 0 bridgehead atoms. The van der Waals surface area contributed by atoms with Crippen molar-refractivity contribution in [1.29, 1.82) is 0 Å². The molecule has 1 N–H and O–H groups in total. The molecule has 7 nitrogen and oxygen atoms in total. The highest BCUT2D eigenvalue weighted by atomic mass is 32.1. The van der Waals surface area contributed by atoms with Gasteiger partial charge in [0.15, 0.2) is 5.13 Å². The first-order valence-corrected chi connectivity index (χ1v) is 11.4. The van der Waals surface area contributed by atoms with Gasteiger partial charge in [0, 0.05) is 48.5 Å². The maximum atomic E-state index is 4.75. The van der Waals surface area contributed by atoms with E-state index in [2.05, 4.69) is 67.9 Å². The third kappa shape index (κ3) is 3.69. The van der Waals surface area contributed by atoms with Crippen LogP contribution in [0.2, 0.25) is 0 Å². The van der Waals surface area contributed by atoms with Crippen LogP contribution in [0.1, 0.15) is 21.6 Å². The number of benzene rings is 2. The summed E-state index contributed by atoms with van der Waals surface area (Å²) in [6.45, 7) is 1.85. The molecule has 0 radical (unpaired) electrons. The molecule has 32 heavy (non-hydrogen) atoms. The molecule has 8 heteroatoms. The Bertz CT molecular complexity index is 1340. The third-order valence-corrected chi connectivity index (χ3v) is 6.86. The van der Waals surface area contributed by atoms with Crippen molar-refractivity contribution in [3.8, 4) is 16.9 Å². The summed E-state index contributed by atoms with van der Waals surface area (Å²) in [5, 5.41) is 16.3. The molecule has 0 saturated heterocycles. The van der Waals surface area contributed by atoms with Crippen LogP contribution >= 0.6 is 11.3 Å². The Morgan fingerprint density at radius 3 is 2.91 bits per heavy atom. The highest BCUT2D eigenvalue weighted by Gasteiger charge is 2.20. The van der Waals surface area contributed by atoms with Crippen LogP contribution in [0.4, 0.5) is 5.13 Å². The van der Waals surface area contributed by atoms with Gasteiger partial charge in [0.05, 0.1) is 11.9 Å². The lowest BCUT2D eigenvalue weighted by molar-refractivity contribution is 0.729. The van der Waals surface area contributed by atoms with Crippen LogP contribution in [0, 0.1) is 0 Å². The van der Waals surface area contributed by atoms with E-state index in [1.165, 1.54) is 21.6 Å². The standard InChI is InChI=1S/C24H21N7S/c1-3-17(11-21(4-1)31-9-2-8-27-31)12-22-14-25-24(32-22)30-10-7-18-5-6-19(13-20(18)16-30)23-15-26-29-28-23/h1-6,8-9,11,13-15H,7,10,12,16H2,(H,26,28,29). The van der Waals surface area contributed by atoms with Crippen molar-refractivity contribution in [2.24, 2.45) is 0 Å². The van der Waals surface area contributed by atoms with E-state index < -0.39 is 0 Å². The van der Waals surface area contributed by atoms with E-state index in [9.17, 15) is 0 Å². The summed E-state index contributed by atoms with van der Waals surface area (Å²) >= 11 is 1.78. The molecular formula is C24H21N7S. The number of hydrogen-bond donors (Lipinski definition) is 1. The number of nitrogens with one attached hydrogen (secondary N) is 1. The van der Waals surface area contributed by atoms with Gasteiger partial charge >= 0.3 is 0 Å². The Morgan fingerprint density at radius 2 is 2.03 bits per heavy atom. The van der Waals surface area contributed by atoms with E-state index in [1.807, 2.05) is 23.1 Å². The molecule has 158 valence electrons. The van der Waals surface area contributed by atoms with Crippen molar-refractivity contribution in [3.05, 3.63) is 94.9 Å². The van der Waals surface area contributed by atoms with Gasteiger partial charge in [-0.05, 0) is 47.4 Å². The van der Waals surface area contributed by atoms with Gasteiger partial charge in [-0.2, -0.15) is 20.5 Å². The van der Waals surface area contributed by atoms with Crippen molar-refractivity contribution >= 4 is 16.5 Å². The zero-order valence-corrected chi connectivity index (χ0v) is 18.2. The lowest BCUT2D eigenvalue weighted by Gasteiger charge is -2.28. The van der Waals surface area contributed by atoms with Gasteiger partial charge in [-0.15, -0.1) is 11.3 Å². The SMILES string of the molecule is c1cc(Cc2cnc(N3CCc4ccc(-c5cn[nH]n5)cc4C3)s2)cc(-n2cccn2)c1. The number of H-pyrrole nitrogens is 1. The largest absolute Gasteiger partial charge is 0.343 e. The summed E-state index contributed by atoms with van der Waals surface area (Å²) in [4.78, 5) is 8.40. The Labute approximate surface area is 189 Å². The zero-order chi connectivity index (χ0) is 21.3. The fraction of sp³-hybridized carbons (Fsp3) is 0.167. The second-order valence-electron chi connectivity index (χ2n) is 7.92. The number of fused-ring (bicyclic) bond motifs is 1. The van der Waals surface area contributed by atoms with E-state index in [4.69, 9.17) is 4.98 Å². The molecule has 0 fully saturated rings. The van der Waals surface area contributed by atoms with Gasteiger partial charge in [-0.3, -0.25) is 0 Å². The summed E-state index contributed by atoms with van der Waals surface area (Å²) in [5.41, 5.74) is 7.04. The first-order chi connectivity index (χ1) is 15.8. The number of rotatable bonds is 5. The van der Waals surface area contributed by atoms with Crippen LogP contribution in [0.5, 0.6) is 0 Å². The van der Waals surface area contributed by atoms with Crippen LogP contribution in [0.25, 0.3) is 16.9 Å². The van der Waals surface area contributed by atoms with Crippen molar-refractivity contribution in [2.75, 3.05) is 11.4 Å². The smallest absolute Gasteiger partial charge is 0.185 e. The zero-order valence-electron chi connectivity index (χ0n) is 17.3. The quantitative estimate of drug-likeness (QED) is 0.443. The molecule has 0 aliphatic carbocycles. The molecule has 0 amide bonds. The normalized spacial score (nSPS) is 13.3. The number of anilines is 1. The molecule has 6 rings (SSSR count). The van der Waals surface area contributed by atoms with Crippen LogP contribution in [0.15, 0.2) is 73.3 Å². The van der Waals surface area contributed by atoms with Crippen LogP contribution in [-0.2, 0) is 19.4 Å². The monoisotopic (exact) mass is 439 g/mol. The van der Waals surface area contributed by atoms with Gasteiger partial charge < -0.3 is 4.90 Å². The summed E-state index contributed by atoms with van der Waals surface area (Å²) < 4.78 is 1.89. The number of hydrogen-bond acceptors (Lipinski definition) is 6. The van der Waals surface area contributed by atoms with Gasteiger partial charge in [0.1, 0.15) is 5.69 Å². The summed E-state index contributed by atoms with van der Waals surface area (Å²) in [7, 11) is 0. The van der Waals surface area contributed by atoms with Gasteiger partial charge in [0.2, 0.25) is 0 Å². The van der Waals surface area contributed by atoms with Crippen molar-refractivity contribution < 1.29 is 0 Å². The average molecular weight is 440 g/mol.